The van der Waals surface area contributed by atoms with Gasteiger partial charge in [-0.15, -0.1) is 0 Å². The minimum Gasteiger partial charge on any atom is -0.399 e. The number of hydrogen-bond acceptors (Lipinski definition) is 3. The van der Waals surface area contributed by atoms with Gasteiger partial charge in [0, 0.05) is 22.5 Å². The van der Waals surface area contributed by atoms with Gasteiger partial charge in [0.1, 0.15) is 11.6 Å². The molecular weight excluding hydrogens is 588 g/mol. The molecule has 0 bridgehead atoms. The van der Waals surface area contributed by atoms with Gasteiger partial charge in [-0.25, -0.2) is 8.78 Å². The monoisotopic (exact) mass is 602 g/mol. The first-order chi connectivity index (χ1) is 17.5. The van der Waals surface area contributed by atoms with Crippen LogP contribution in [0, 0.1) is 11.6 Å². The van der Waals surface area contributed by atoms with E-state index in [4.69, 9.17) is 63.7 Å². The lowest BCUT2D eigenvalue weighted by Crippen LogP contribution is -2.11. The number of amides is 1. The normalized spacial score (nSPS) is 9.81. The molecule has 4 rings (SSSR count). The van der Waals surface area contributed by atoms with Crippen LogP contribution in [0.5, 0.6) is 0 Å². The van der Waals surface area contributed by atoms with Crippen LogP contribution in [0.4, 0.5) is 20.2 Å². The Morgan fingerprint density at radius 2 is 1.08 bits per heavy atom. The molecule has 3 N–H and O–H groups in total. The molecule has 0 saturated carbocycles. The van der Waals surface area contributed by atoms with Crippen molar-refractivity contribution in [3.63, 3.8) is 0 Å². The second-order valence-corrected chi connectivity index (χ2v) is 9.02. The van der Waals surface area contributed by atoms with Gasteiger partial charge in [-0.1, -0.05) is 46.4 Å². The second-order valence-electron chi connectivity index (χ2n) is 7.04. The molecule has 0 unspecified atom stereocenters. The molecule has 4 aromatic carbocycles. The van der Waals surface area contributed by atoms with Crippen LogP contribution >= 0.6 is 58.0 Å². The predicted molar refractivity (Wildman–Crippen MR) is 148 cm³/mol. The number of benzene rings is 4. The van der Waals surface area contributed by atoms with Crippen molar-refractivity contribution in [1.82, 2.24) is 0 Å². The Labute approximate surface area is 236 Å². The van der Waals surface area contributed by atoms with E-state index in [-0.39, 0.29) is 17.5 Å². The van der Waals surface area contributed by atoms with Gasteiger partial charge < -0.3 is 11.1 Å². The Balaban J connectivity index is 0.000000214. The molecule has 0 heterocycles. The van der Waals surface area contributed by atoms with Crippen LogP contribution in [0.15, 0.2) is 84.9 Å². The van der Waals surface area contributed by atoms with E-state index >= 15 is 0 Å². The summed E-state index contributed by atoms with van der Waals surface area (Å²) in [7, 11) is 0. The lowest BCUT2D eigenvalue weighted by molar-refractivity contribution is 0.102. The maximum Gasteiger partial charge on any atom is 0.255 e. The average Bonchev–Trinajstić information content (AvgIpc) is 2.85. The molecule has 192 valence electrons. The molecule has 0 spiro atoms. The summed E-state index contributed by atoms with van der Waals surface area (Å²) in [5.41, 5.74) is 7.21. The van der Waals surface area contributed by atoms with Crippen LogP contribution < -0.4 is 11.1 Å². The first kappa shape index (κ1) is 30.4. The van der Waals surface area contributed by atoms with E-state index in [1.165, 1.54) is 48.5 Å². The van der Waals surface area contributed by atoms with E-state index in [0.29, 0.717) is 42.6 Å². The molecule has 1 amide bonds. The van der Waals surface area contributed by atoms with Crippen LogP contribution in [0.2, 0.25) is 20.1 Å². The molecule has 0 aliphatic carbocycles. The van der Waals surface area contributed by atoms with E-state index in [9.17, 15) is 18.4 Å². The van der Waals surface area contributed by atoms with Crippen molar-refractivity contribution in [1.29, 1.82) is 0 Å². The first-order valence-electron chi connectivity index (χ1n) is 10.1. The third-order valence-electron chi connectivity index (χ3n) is 4.30. The van der Waals surface area contributed by atoms with E-state index < -0.39 is 5.24 Å². The summed E-state index contributed by atoms with van der Waals surface area (Å²) < 4.78 is 24.9. The van der Waals surface area contributed by atoms with Gasteiger partial charge in [-0.05, 0) is 96.5 Å². The number of nitrogens with two attached hydrogens (primary N) is 1. The van der Waals surface area contributed by atoms with Crippen molar-refractivity contribution in [2.24, 2.45) is 0 Å². The highest BCUT2D eigenvalue weighted by Gasteiger charge is 2.07. The molecular formula is C26H17Cl5F2N2O2. The fourth-order valence-electron chi connectivity index (χ4n) is 2.47. The predicted octanol–water partition coefficient (Wildman–Crippen LogP) is 9.17. The summed E-state index contributed by atoms with van der Waals surface area (Å²) in [6.45, 7) is 0. The maximum atomic E-state index is 12.7. The van der Waals surface area contributed by atoms with E-state index in [0.717, 1.165) is 0 Å². The zero-order chi connectivity index (χ0) is 27.5. The van der Waals surface area contributed by atoms with Crippen LogP contribution in [0.1, 0.15) is 20.7 Å². The third-order valence-corrected chi connectivity index (χ3v) is 5.99. The van der Waals surface area contributed by atoms with Crippen molar-refractivity contribution in [3.8, 4) is 0 Å². The summed E-state index contributed by atoms with van der Waals surface area (Å²) >= 11 is 27.9. The number of carbonyl (C=O) groups excluding carboxylic acids is 2. The quantitative estimate of drug-likeness (QED) is 0.181. The second kappa shape index (κ2) is 14.8. The van der Waals surface area contributed by atoms with E-state index in [1.54, 1.807) is 36.4 Å². The largest absolute Gasteiger partial charge is 0.399 e. The molecule has 11 heteroatoms. The van der Waals surface area contributed by atoms with Gasteiger partial charge in [0.05, 0.1) is 20.1 Å². The molecule has 0 saturated heterocycles. The third kappa shape index (κ3) is 10.6. The number of anilines is 2. The molecule has 0 aliphatic rings. The van der Waals surface area contributed by atoms with E-state index in [1.807, 2.05) is 0 Å². The topological polar surface area (TPSA) is 72.2 Å². The van der Waals surface area contributed by atoms with Gasteiger partial charge in [-0.2, -0.15) is 0 Å². The standard InChI is InChI=1S/C13H8Cl2FNO.C7H4ClFO.C6H5Cl2N/c14-11-6-5-10(7-12(11)15)17-13(18)8-1-3-9(16)4-2-8;8-7(10)5-1-3-6(9)4-2-5;7-5-2-1-4(9)3-6(5)8/h1-7H,(H,17,18);1-4H;1-3H,9H2. The fraction of sp³-hybridized carbons (Fsp3) is 0. The lowest BCUT2D eigenvalue weighted by Gasteiger charge is -2.06. The van der Waals surface area contributed by atoms with Crippen molar-refractivity contribution in [3.05, 3.63) is 128 Å². The minimum atomic E-state index is -0.569. The molecule has 0 aromatic heterocycles. The number of rotatable bonds is 3. The number of hydrogen-bond donors (Lipinski definition) is 2. The Hall–Kier alpha value is -2.87. The van der Waals surface area contributed by atoms with Gasteiger partial charge >= 0.3 is 0 Å². The van der Waals surface area contributed by atoms with Gasteiger partial charge in [0.15, 0.2) is 0 Å². The zero-order valence-electron chi connectivity index (χ0n) is 18.6. The number of nitrogens with one attached hydrogen (secondary N) is 1. The van der Waals surface area contributed by atoms with Crippen molar-refractivity contribution >= 4 is 80.5 Å². The molecule has 0 radical (unpaired) electrons. The number of nitrogen functional groups attached to an aromatic ring is 1. The number of halogens is 7. The Morgan fingerprint density at radius 1 is 0.622 bits per heavy atom. The van der Waals surface area contributed by atoms with Gasteiger partial charge in [0.25, 0.3) is 11.1 Å². The Bertz CT molecular complexity index is 1370. The molecule has 0 aliphatic heterocycles. The smallest absolute Gasteiger partial charge is 0.255 e. The highest BCUT2D eigenvalue weighted by molar-refractivity contribution is 6.67. The zero-order valence-corrected chi connectivity index (χ0v) is 22.4. The van der Waals surface area contributed by atoms with Crippen LogP contribution in [-0.2, 0) is 0 Å². The summed E-state index contributed by atoms with van der Waals surface area (Å²) in [6.07, 6.45) is 0. The summed E-state index contributed by atoms with van der Waals surface area (Å²) in [4.78, 5) is 22.2. The molecule has 4 aromatic rings. The van der Waals surface area contributed by atoms with Gasteiger partial charge in [-0.3, -0.25) is 9.59 Å². The molecule has 4 nitrogen and oxygen atoms in total. The summed E-state index contributed by atoms with van der Waals surface area (Å²) in [6, 6.07) is 20.1. The molecule has 0 atom stereocenters. The minimum absolute atomic E-state index is 0.308. The van der Waals surface area contributed by atoms with Crippen molar-refractivity contribution < 1.29 is 18.4 Å². The average molecular weight is 605 g/mol. The molecule has 0 fully saturated rings. The van der Waals surface area contributed by atoms with Gasteiger partial charge in [0.2, 0.25) is 0 Å². The molecule has 37 heavy (non-hydrogen) atoms. The SMILES string of the molecule is Nc1ccc(Cl)c(Cl)c1.O=C(Cl)c1ccc(F)cc1.O=C(Nc1ccc(Cl)c(Cl)c1)c1ccc(F)cc1. The highest BCUT2D eigenvalue weighted by atomic mass is 35.5. The van der Waals surface area contributed by atoms with Crippen LogP contribution in [0.25, 0.3) is 0 Å². The van der Waals surface area contributed by atoms with Crippen LogP contribution in [0.3, 0.4) is 0 Å². The van der Waals surface area contributed by atoms with Crippen molar-refractivity contribution in [2.45, 2.75) is 0 Å². The van der Waals surface area contributed by atoms with Crippen molar-refractivity contribution in [2.75, 3.05) is 11.1 Å². The highest BCUT2D eigenvalue weighted by Crippen LogP contribution is 2.25. The fourth-order valence-corrected chi connectivity index (χ4v) is 3.20. The number of carbonyl (C=O) groups is 2. The van der Waals surface area contributed by atoms with Crippen LogP contribution in [-0.4, -0.2) is 11.1 Å². The van der Waals surface area contributed by atoms with E-state index in [2.05, 4.69) is 5.32 Å². The first-order valence-corrected chi connectivity index (χ1v) is 12.0. The summed E-state index contributed by atoms with van der Waals surface area (Å²) in [5.74, 6) is -1.10. The summed E-state index contributed by atoms with van der Waals surface area (Å²) in [5, 5.41) is 3.87. The Morgan fingerprint density at radius 3 is 1.51 bits per heavy atom. The Kier molecular flexibility index (Phi) is 12.1. The maximum absolute atomic E-state index is 12.7. The lowest BCUT2D eigenvalue weighted by atomic mass is 10.2.